The van der Waals surface area contributed by atoms with Crippen LogP contribution < -0.4 is 5.32 Å². The van der Waals surface area contributed by atoms with Crippen LogP contribution in [0.5, 0.6) is 0 Å². The highest BCUT2D eigenvalue weighted by atomic mass is 16.4. The van der Waals surface area contributed by atoms with E-state index in [1.165, 1.54) is 0 Å². The van der Waals surface area contributed by atoms with Crippen molar-refractivity contribution in [3.05, 3.63) is 0 Å². The van der Waals surface area contributed by atoms with Gasteiger partial charge in [0.15, 0.2) is 0 Å². The van der Waals surface area contributed by atoms with Crippen LogP contribution in [0.15, 0.2) is 0 Å². The molecule has 2 N–H and O–H groups in total. The molecule has 1 aliphatic heterocycles. The molecule has 122 valence electrons. The first kappa shape index (κ1) is 18.0. The molecule has 0 aromatic heterocycles. The number of nitrogens with one attached hydrogen (secondary N) is 1. The maximum Gasteiger partial charge on any atom is 0.308 e. The topological polar surface area (TPSA) is 66.4 Å². The standard InChI is InChI=1S/C16H30N2O3/c1-8-15(2,3)12(13(19)20)16(4)11(18(5,6)7)9-10-17-14(16)21/h11-12H,8-10H2,1-7H3,(H-,17,19,20,21)/p+1. The van der Waals surface area contributed by atoms with Crippen LogP contribution in [0.25, 0.3) is 0 Å². The molecule has 3 unspecified atom stereocenters. The zero-order valence-electron chi connectivity index (χ0n) is 14.5. The van der Waals surface area contributed by atoms with Gasteiger partial charge in [-0.25, -0.2) is 0 Å². The molecule has 5 heteroatoms. The predicted molar refractivity (Wildman–Crippen MR) is 82.8 cm³/mol. The summed E-state index contributed by atoms with van der Waals surface area (Å²) in [5.74, 6) is -1.71. The lowest BCUT2D eigenvalue weighted by Gasteiger charge is -2.52. The first-order valence-electron chi connectivity index (χ1n) is 7.71. The smallest absolute Gasteiger partial charge is 0.308 e. The summed E-state index contributed by atoms with van der Waals surface area (Å²) in [5, 5.41) is 12.8. The Morgan fingerprint density at radius 1 is 1.48 bits per heavy atom. The summed E-state index contributed by atoms with van der Waals surface area (Å²) < 4.78 is 0.591. The molecule has 21 heavy (non-hydrogen) atoms. The molecule has 1 heterocycles. The number of piperidine rings is 1. The second-order valence-electron chi connectivity index (χ2n) is 8.07. The number of quaternary nitrogens is 1. The third-order valence-electron chi connectivity index (χ3n) is 5.36. The zero-order chi connectivity index (χ0) is 16.6. The van der Waals surface area contributed by atoms with E-state index in [0.717, 1.165) is 12.8 Å². The molecule has 0 bridgehead atoms. The van der Waals surface area contributed by atoms with Crippen molar-refractivity contribution < 1.29 is 19.2 Å². The molecule has 0 aliphatic carbocycles. The number of amides is 1. The Balaban J connectivity index is 3.46. The van der Waals surface area contributed by atoms with Gasteiger partial charge in [0, 0.05) is 13.0 Å². The van der Waals surface area contributed by atoms with E-state index in [0.29, 0.717) is 11.0 Å². The van der Waals surface area contributed by atoms with Crippen LogP contribution in [0, 0.1) is 16.7 Å². The summed E-state index contributed by atoms with van der Waals surface area (Å²) in [4.78, 5) is 24.7. The normalized spacial score (nSPS) is 28.9. The van der Waals surface area contributed by atoms with E-state index in [2.05, 4.69) is 5.32 Å². The van der Waals surface area contributed by atoms with Crippen LogP contribution in [0.4, 0.5) is 0 Å². The Morgan fingerprint density at radius 3 is 2.38 bits per heavy atom. The van der Waals surface area contributed by atoms with Crippen LogP contribution in [0.2, 0.25) is 0 Å². The van der Waals surface area contributed by atoms with Crippen LogP contribution >= 0.6 is 0 Å². The lowest BCUT2D eigenvalue weighted by atomic mass is 9.57. The second kappa shape index (κ2) is 5.59. The van der Waals surface area contributed by atoms with Gasteiger partial charge in [0.25, 0.3) is 0 Å². The average molecular weight is 299 g/mol. The lowest BCUT2D eigenvalue weighted by Crippen LogP contribution is -2.68. The number of nitrogens with zero attached hydrogens (tertiary/aromatic N) is 1. The Bertz CT molecular complexity index is 426. The van der Waals surface area contributed by atoms with Gasteiger partial charge in [-0.05, 0) is 12.3 Å². The molecule has 0 aromatic rings. The van der Waals surface area contributed by atoms with E-state index in [9.17, 15) is 14.7 Å². The first-order valence-corrected chi connectivity index (χ1v) is 7.71. The number of rotatable bonds is 5. The molecule has 1 aliphatic rings. The minimum atomic E-state index is -0.915. The molecule has 3 atom stereocenters. The second-order valence-corrected chi connectivity index (χ2v) is 8.07. The van der Waals surface area contributed by atoms with Crippen molar-refractivity contribution in [3.8, 4) is 0 Å². The van der Waals surface area contributed by atoms with Gasteiger partial charge in [-0.1, -0.05) is 27.2 Å². The Labute approximate surface area is 128 Å². The predicted octanol–water partition coefficient (Wildman–Crippen LogP) is 1.72. The van der Waals surface area contributed by atoms with E-state index in [-0.39, 0.29) is 11.9 Å². The minimum absolute atomic E-state index is 0.0156. The highest BCUT2D eigenvalue weighted by molar-refractivity contribution is 5.89. The number of carboxylic acid groups (broad SMARTS) is 1. The van der Waals surface area contributed by atoms with Crippen LogP contribution in [-0.2, 0) is 9.59 Å². The van der Waals surface area contributed by atoms with E-state index in [1.54, 1.807) is 0 Å². The summed E-state index contributed by atoms with van der Waals surface area (Å²) in [6.45, 7) is 8.34. The molecule has 0 radical (unpaired) electrons. The maximum absolute atomic E-state index is 12.7. The van der Waals surface area contributed by atoms with Gasteiger partial charge >= 0.3 is 5.97 Å². The molecule has 5 nitrogen and oxygen atoms in total. The fraction of sp³-hybridized carbons (Fsp3) is 0.875. The molecule has 1 rings (SSSR count). The molecule has 1 saturated heterocycles. The van der Waals surface area contributed by atoms with Gasteiger partial charge in [-0.2, -0.15) is 0 Å². The van der Waals surface area contributed by atoms with Crippen molar-refractivity contribution in [1.29, 1.82) is 0 Å². The summed E-state index contributed by atoms with van der Waals surface area (Å²) in [6.07, 6.45) is 1.52. The largest absolute Gasteiger partial charge is 0.481 e. The molecular weight excluding hydrogens is 268 g/mol. The first-order chi connectivity index (χ1) is 9.39. The van der Waals surface area contributed by atoms with Gasteiger partial charge in [0.05, 0.1) is 27.1 Å². The molecule has 1 amide bonds. The minimum Gasteiger partial charge on any atom is -0.481 e. The number of hydrogen-bond donors (Lipinski definition) is 2. The monoisotopic (exact) mass is 299 g/mol. The third-order valence-corrected chi connectivity index (χ3v) is 5.36. The van der Waals surface area contributed by atoms with Crippen LogP contribution in [0.3, 0.4) is 0 Å². The SMILES string of the molecule is CCC(C)(C)C(C(=O)O)C1(C)C(=O)NCCC1[N+](C)(C)C. The van der Waals surface area contributed by atoms with Gasteiger partial charge in [0.1, 0.15) is 11.5 Å². The summed E-state index contributed by atoms with van der Waals surface area (Å²) in [5.41, 5.74) is -1.36. The van der Waals surface area contributed by atoms with Gasteiger partial charge in [-0.3, -0.25) is 9.59 Å². The third kappa shape index (κ3) is 3.07. The van der Waals surface area contributed by atoms with Crippen LogP contribution in [-0.4, -0.2) is 55.2 Å². The van der Waals surface area contributed by atoms with E-state index in [1.807, 2.05) is 48.8 Å². The van der Waals surface area contributed by atoms with E-state index in [4.69, 9.17) is 0 Å². The van der Waals surface area contributed by atoms with Crippen molar-refractivity contribution in [2.24, 2.45) is 16.7 Å². The lowest BCUT2D eigenvalue weighted by molar-refractivity contribution is -0.903. The molecule has 0 saturated carbocycles. The quantitative estimate of drug-likeness (QED) is 0.760. The Morgan fingerprint density at radius 2 is 2.00 bits per heavy atom. The summed E-state index contributed by atoms with van der Waals surface area (Å²) >= 11 is 0. The van der Waals surface area contributed by atoms with Gasteiger partial charge < -0.3 is 14.9 Å². The van der Waals surface area contributed by atoms with E-state index < -0.39 is 22.7 Å². The van der Waals surface area contributed by atoms with Crippen LogP contribution in [0.1, 0.15) is 40.5 Å². The van der Waals surface area contributed by atoms with Gasteiger partial charge in [0.2, 0.25) is 5.91 Å². The highest BCUT2D eigenvalue weighted by Crippen LogP contribution is 2.48. The number of carbonyl (C=O) groups excluding carboxylic acids is 1. The van der Waals surface area contributed by atoms with Crippen molar-refractivity contribution >= 4 is 11.9 Å². The highest BCUT2D eigenvalue weighted by Gasteiger charge is 2.61. The Hall–Kier alpha value is -1.10. The number of hydrogen-bond acceptors (Lipinski definition) is 2. The van der Waals surface area contributed by atoms with Crippen molar-refractivity contribution in [3.63, 3.8) is 0 Å². The van der Waals surface area contributed by atoms with Crippen molar-refractivity contribution in [2.75, 3.05) is 27.7 Å². The fourth-order valence-electron chi connectivity index (χ4n) is 4.09. The Kier molecular flexibility index (Phi) is 4.78. The number of aliphatic carboxylic acids is 1. The average Bonchev–Trinajstić information content (AvgIpc) is 2.30. The molecule has 0 aromatic carbocycles. The molecular formula is C16H31N2O3+. The number of carbonyl (C=O) groups is 2. The molecule has 1 fully saturated rings. The van der Waals surface area contributed by atoms with Gasteiger partial charge in [-0.15, -0.1) is 0 Å². The summed E-state index contributed by atoms with van der Waals surface area (Å²) in [6, 6.07) is -0.0156. The zero-order valence-corrected chi connectivity index (χ0v) is 14.5. The summed E-state index contributed by atoms with van der Waals surface area (Å²) in [7, 11) is 6.12. The number of carboxylic acids is 1. The van der Waals surface area contributed by atoms with E-state index >= 15 is 0 Å². The fourth-order valence-corrected chi connectivity index (χ4v) is 4.09. The van der Waals surface area contributed by atoms with Crippen molar-refractivity contribution in [1.82, 2.24) is 5.32 Å². The molecule has 0 spiro atoms. The maximum atomic E-state index is 12.7. The van der Waals surface area contributed by atoms with Crippen molar-refractivity contribution in [2.45, 2.75) is 46.6 Å².